The van der Waals surface area contributed by atoms with Crippen LogP contribution < -0.4 is 47.4 Å². The maximum Gasteiger partial charge on any atom is 0.374 e. The number of hydrogen-bond donors (Lipinski definition) is 2. The Morgan fingerprint density at radius 1 is 0.489 bits per heavy atom. The van der Waals surface area contributed by atoms with E-state index in [1.54, 1.807) is 51.4 Å². The summed E-state index contributed by atoms with van der Waals surface area (Å²) in [5.41, 5.74) is 21.3. The molecule has 2 unspecified atom stereocenters. The molecule has 27 nitrogen and oxygen atoms in total. The lowest BCUT2D eigenvalue weighted by molar-refractivity contribution is -0.150. The van der Waals surface area contributed by atoms with Gasteiger partial charge in [0.15, 0.2) is 73.2 Å². The van der Waals surface area contributed by atoms with Gasteiger partial charge in [0.2, 0.25) is 25.1 Å². The summed E-state index contributed by atoms with van der Waals surface area (Å²) in [5, 5.41) is 45.3. The minimum absolute atomic E-state index is 0. The molecule has 8 aromatic rings. The smallest absolute Gasteiger partial charge is 0.374 e. The fraction of sp³-hybridized carbons (Fsp3) is 0.412. The number of aryl methyl sites for hydroxylation is 2. The summed E-state index contributed by atoms with van der Waals surface area (Å²) in [6, 6.07) is 39.7. The molecule has 8 aliphatic heterocycles. The number of aliphatic hydroxyl groups excluding tert-OH is 1. The van der Waals surface area contributed by atoms with Crippen molar-refractivity contribution >= 4 is 35.5 Å². The average Bonchev–Trinajstić information content (AvgIpc) is 1.18. The number of fused-ring (bicyclic) bond motifs is 24. The SMILES string of the molecule is C.C.C=CCOc1c(C)c2c(c3c1CC1[C@H]4c5c(cc(C)c(OC)c5OCOC)C[C@@H]([C@H](C#N)N1[C@H]3CO)N4C)OCO2.C=CCOc1c(C)c2c(c3c1CC1[C@H]4c5c(cc(C)c(OC)c5OCOC)C[C@@H]([C@H](C#N)N1[C@H]3COC(=O)/C(=C/SCC1c3ccccc3-c3ccccc31)OCOC)N4C)OCO2.COCO/C(=C\SCC1c2ccccc2-c2ccccc21)C(=O)O. The Labute approximate surface area is 775 Å². The van der Waals surface area contributed by atoms with E-state index < -0.39 is 36.1 Å². The number of benzene rings is 8. The van der Waals surface area contributed by atoms with E-state index >= 15 is 0 Å². The summed E-state index contributed by atoms with van der Waals surface area (Å²) >= 11 is 2.93. The monoisotopic (exact) mass is 1820 g/mol. The van der Waals surface area contributed by atoms with E-state index in [0.717, 1.165) is 72.5 Å². The Balaban J connectivity index is 0.000000176. The van der Waals surface area contributed by atoms with E-state index in [1.807, 2.05) is 52.0 Å². The molecular weight excluding hydrogens is 1710 g/mol. The Bertz CT molecular complexity index is 5660. The van der Waals surface area contributed by atoms with Gasteiger partial charge in [-0.15, -0.1) is 23.5 Å². The lowest BCUT2D eigenvalue weighted by Gasteiger charge is -2.59. The van der Waals surface area contributed by atoms with Gasteiger partial charge in [-0.25, -0.2) is 9.59 Å². The Morgan fingerprint density at radius 2 is 0.870 bits per heavy atom. The first-order valence-electron chi connectivity index (χ1n) is 42.9. The van der Waals surface area contributed by atoms with Crippen LogP contribution >= 0.6 is 23.5 Å². The maximum atomic E-state index is 14.4. The van der Waals surface area contributed by atoms with Gasteiger partial charge < -0.3 is 90.7 Å². The number of aliphatic carboxylic acids is 1. The molecule has 0 radical (unpaired) electrons. The normalized spacial score (nSPS) is 21.2. The largest absolute Gasteiger partial charge is 0.493 e. The van der Waals surface area contributed by atoms with E-state index in [4.69, 9.17) is 85.6 Å². The average molecular weight is 1830 g/mol. The Hall–Kier alpha value is -11.4. The molecule has 2 aliphatic carbocycles. The minimum Gasteiger partial charge on any atom is -0.493 e. The fourth-order valence-corrected chi connectivity index (χ4v) is 23.2. The van der Waals surface area contributed by atoms with E-state index in [9.17, 15) is 25.2 Å². The van der Waals surface area contributed by atoms with Crippen molar-refractivity contribution in [2.24, 2.45) is 0 Å². The molecule has 18 rings (SSSR count). The number of piperazine rings is 2. The van der Waals surface area contributed by atoms with Crippen LogP contribution in [0.3, 0.4) is 0 Å². The number of likely N-dealkylation sites (N-methyl/N-ethyl adjacent to an activating group) is 2. The number of carboxylic acid groups (broad SMARTS) is 1. The van der Waals surface area contributed by atoms with E-state index in [-0.39, 0.29) is 135 Å². The second-order valence-electron chi connectivity index (χ2n) is 33.0. The molecule has 0 aromatic heterocycles. The molecule has 0 saturated carbocycles. The number of esters is 1. The molecule has 10 atom stereocenters. The number of carboxylic acids is 1. The van der Waals surface area contributed by atoms with Gasteiger partial charge in [0.05, 0.1) is 57.1 Å². The van der Waals surface area contributed by atoms with Crippen LogP contribution in [0.5, 0.6) is 57.5 Å². The number of nitriles is 2. The number of rotatable bonds is 31. The summed E-state index contributed by atoms with van der Waals surface area (Å²) in [6.07, 6.45) is 5.68. The summed E-state index contributed by atoms with van der Waals surface area (Å²) in [7, 11) is 13.6. The highest BCUT2D eigenvalue weighted by atomic mass is 32.2. The molecule has 0 spiro atoms. The number of methoxy groups -OCH3 is 6. The molecule has 8 aromatic carbocycles. The Kier molecular flexibility index (Phi) is 30.7. The van der Waals surface area contributed by atoms with Crippen molar-refractivity contribution in [2.45, 2.75) is 140 Å². The second kappa shape index (κ2) is 42.0. The van der Waals surface area contributed by atoms with Gasteiger partial charge >= 0.3 is 11.9 Å². The highest BCUT2D eigenvalue weighted by Crippen LogP contribution is 2.62. The van der Waals surface area contributed by atoms with Crippen molar-refractivity contribution in [3.63, 3.8) is 0 Å². The summed E-state index contributed by atoms with van der Waals surface area (Å²) < 4.78 is 99.6. The van der Waals surface area contributed by atoms with Crippen molar-refractivity contribution in [1.82, 2.24) is 19.6 Å². The van der Waals surface area contributed by atoms with E-state index in [0.29, 0.717) is 95.5 Å². The molecular formula is C102H116N6O21S2. The first kappa shape index (κ1) is 95.7. The van der Waals surface area contributed by atoms with Gasteiger partial charge in [0, 0.05) is 131 Å². The Morgan fingerprint density at radius 3 is 1.25 bits per heavy atom. The van der Waals surface area contributed by atoms with E-state index in [1.165, 1.54) is 82.3 Å². The zero-order valence-electron chi connectivity index (χ0n) is 74.5. The summed E-state index contributed by atoms with van der Waals surface area (Å²) in [6.45, 7) is 15.9. The van der Waals surface area contributed by atoms with Crippen molar-refractivity contribution in [3.05, 3.63) is 246 Å². The van der Waals surface area contributed by atoms with Crippen LogP contribution in [-0.4, -0.2) is 213 Å². The number of carbonyl (C=O) groups is 2. The number of carbonyl (C=O) groups excluding carboxylic acids is 1. The fourth-order valence-electron chi connectivity index (χ4n) is 21.2. The van der Waals surface area contributed by atoms with Crippen LogP contribution in [0.1, 0.15) is 140 Å². The third-order valence-electron chi connectivity index (χ3n) is 26.3. The van der Waals surface area contributed by atoms with Crippen LogP contribution in [0.4, 0.5) is 0 Å². The van der Waals surface area contributed by atoms with Crippen LogP contribution in [0.25, 0.3) is 22.3 Å². The highest BCUT2D eigenvalue weighted by molar-refractivity contribution is 8.02. The van der Waals surface area contributed by atoms with Crippen LogP contribution in [0, 0.1) is 50.4 Å². The zero-order chi connectivity index (χ0) is 90.6. The third kappa shape index (κ3) is 17.5. The predicted molar refractivity (Wildman–Crippen MR) is 499 cm³/mol. The predicted octanol–water partition coefficient (Wildman–Crippen LogP) is 16.6. The molecule has 10 aliphatic rings. The first-order valence-corrected chi connectivity index (χ1v) is 45.0. The maximum absolute atomic E-state index is 14.4. The van der Waals surface area contributed by atoms with Crippen LogP contribution in [0.2, 0.25) is 0 Å². The number of ether oxygens (including phenoxy) is 17. The van der Waals surface area contributed by atoms with Gasteiger partial charge in [-0.3, -0.25) is 19.6 Å². The summed E-state index contributed by atoms with van der Waals surface area (Å²) in [4.78, 5) is 34.6. The van der Waals surface area contributed by atoms with Gasteiger partial charge in [-0.2, -0.15) is 10.5 Å². The summed E-state index contributed by atoms with van der Waals surface area (Å²) in [5.74, 6) is 6.28. The molecule has 0 amide bonds. The molecule has 8 heterocycles. The first-order chi connectivity index (χ1) is 62.9. The topological polar surface area (TPSA) is 292 Å². The number of nitrogens with zero attached hydrogens (tertiary/aromatic N) is 6. The van der Waals surface area contributed by atoms with Crippen molar-refractivity contribution in [3.8, 4) is 91.9 Å². The number of hydrogen-bond acceptors (Lipinski definition) is 28. The van der Waals surface area contributed by atoms with Gasteiger partial charge in [0.25, 0.3) is 0 Å². The van der Waals surface area contributed by atoms with Crippen LogP contribution in [-0.2, 0) is 68.4 Å². The number of aliphatic hydroxyl groups is 1. The second-order valence-corrected chi connectivity index (χ2v) is 34.8. The van der Waals surface area contributed by atoms with Gasteiger partial charge in [0.1, 0.15) is 43.4 Å². The van der Waals surface area contributed by atoms with Gasteiger partial charge in [-0.1, -0.05) is 149 Å². The standard InChI is InChI=1S/C50H53N3O10S.C31H37N3O7.C19H18O4S.2CH4/c1-8-17-58-46-29(3)47-49(63-27-62-47)43-35(46)20-38-44-42-30(18-28(2)45(57-7)48(42)61-26-56-6)19-37(52(44)4)39(21-51)53(38)40(43)22-59-50(54)41(60-25-55-5)24-64-23-36-33-15-11-9-13-31(33)32-14-10-12-16-34(32)36;1-7-8-38-28-17(3)29-31(41-15-40-29)25-19(28)11-21-26-24-18(9-16(2)27(37-6)30(24)39-14-36-5)10-20(33(26)4)22(12-32)34(21)23(25)13-35;1-22-12-23-18(19(20)21)11-24-10-17-15-8-4-2-6-13(15)14-7-3-5-9-16(14)17;;/h8-16,18,24,36-40,44H,1,17,19-20,22-23,25-27H2,2-7H3;7,9,20-23,26,35H,1,8,10-11,13-15H2,2-6H3;2-9,11,17H,10,12H2,1H3,(H,20,21);2*1H4/b41-24-;;18-11-;;/t37-,38?,39-,40-,44-;20-,21?,22-,23-,26-;;;/m00.../s1. The lowest BCUT2D eigenvalue weighted by Crippen LogP contribution is -2.68. The highest BCUT2D eigenvalue weighted by Gasteiger charge is 2.60. The minimum atomic E-state index is -1.09. The molecule has 2 fully saturated rings. The molecule has 4 bridgehead atoms. The third-order valence-corrected chi connectivity index (χ3v) is 28.1. The molecule has 131 heavy (non-hydrogen) atoms. The molecule has 692 valence electrons. The van der Waals surface area contributed by atoms with Crippen molar-refractivity contribution in [1.29, 1.82) is 10.5 Å². The zero-order valence-corrected chi connectivity index (χ0v) is 76.1. The molecule has 2 N–H and O–H groups in total. The van der Waals surface area contributed by atoms with E-state index in [2.05, 4.69) is 144 Å². The van der Waals surface area contributed by atoms with Gasteiger partial charge in [-0.05, 0) is 134 Å². The molecule has 2 saturated heterocycles. The lowest BCUT2D eigenvalue weighted by atomic mass is 9.71. The van der Waals surface area contributed by atoms with Crippen LogP contribution in [0.15, 0.2) is 157 Å². The molecule has 29 heteroatoms. The quantitative estimate of drug-likeness (QED) is 0.0134. The van der Waals surface area contributed by atoms with Crippen molar-refractivity contribution < 1.29 is 100 Å². The van der Waals surface area contributed by atoms with Crippen molar-refractivity contribution in [2.75, 3.05) is 135 Å². The number of thioether (sulfide) groups is 2.